The van der Waals surface area contributed by atoms with Crippen molar-refractivity contribution in [3.63, 3.8) is 0 Å². The minimum absolute atomic E-state index is 0.0926. The van der Waals surface area contributed by atoms with Gasteiger partial charge in [0, 0.05) is 5.75 Å². The van der Waals surface area contributed by atoms with Crippen LogP contribution in [0.25, 0.3) is 0 Å². The Balaban J connectivity index is 3.27. The van der Waals surface area contributed by atoms with Gasteiger partial charge in [0.1, 0.15) is 0 Å². The van der Waals surface area contributed by atoms with Gasteiger partial charge in [0.05, 0.1) is 6.10 Å². The second-order valence-electron chi connectivity index (χ2n) is 2.86. The Kier molecular flexibility index (Phi) is 6.24. The highest BCUT2D eigenvalue weighted by atomic mass is 32.2. The van der Waals surface area contributed by atoms with E-state index in [4.69, 9.17) is 0 Å². The minimum Gasteiger partial charge on any atom is -0.392 e. The Bertz CT molecular complexity index is 75.7. The molecule has 62 valence electrons. The van der Waals surface area contributed by atoms with Crippen molar-refractivity contribution < 1.29 is 5.11 Å². The van der Waals surface area contributed by atoms with E-state index in [0.717, 1.165) is 12.2 Å². The molecule has 0 aromatic rings. The van der Waals surface area contributed by atoms with Gasteiger partial charge in [0.15, 0.2) is 0 Å². The number of hydrogen-bond acceptors (Lipinski definition) is 2. The molecular weight excluding hydrogens is 144 g/mol. The van der Waals surface area contributed by atoms with E-state index < -0.39 is 0 Å². The number of thioether (sulfide) groups is 1. The predicted octanol–water partition coefficient (Wildman–Crippen LogP) is 2.15. The SMILES string of the molecule is CCC(C)CC(O)CSC. The van der Waals surface area contributed by atoms with Crippen LogP contribution >= 0.6 is 11.8 Å². The van der Waals surface area contributed by atoms with E-state index in [1.165, 1.54) is 6.42 Å². The van der Waals surface area contributed by atoms with Crippen molar-refractivity contribution in [2.75, 3.05) is 12.0 Å². The highest BCUT2D eigenvalue weighted by molar-refractivity contribution is 7.98. The van der Waals surface area contributed by atoms with Crippen LogP contribution in [0.3, 0.4) is 0 Å². The Hall–Kier alpha value is 0.310. The third-order valence-electron chi connectivity index (χ3n) is 1.73. The second kappa shape index (κ2) is 6.05. The molecule has 0 spiro atoms. The molecule has 2 atom stereocenters. The molecule has 0 aliphatic rings. The fraction of sp³-hybridized carbons (Fsp3) is 1.00. The molecule has 0 saturated carbocycles. The lowest BCUT2D eigenvalue weighted by Gasteiger charge is -2.12. The first kappa shape index (κ1) is 10.3. The summed E-state index contributed by atoms with van der Waals surface area (Å²) < 4.78 is 0. The third-order valence-corrected chi connectivity index (χ3v) is 2.45. The lowest BCUT2D eigenvalue weighted by atomic mass is 10.0. The average molecular weight is 162 g/mol. The molecule has 1 nitrogen and oxygen atoms in total. The van der Waals surface area contributed by atoms with Crippen LogP contribution in [0, 0.1) is 5.92 Å². The lowest BCUT2D eigenvalue weighted by molar-refractivity contribution is 0.167. The maximum Gasteiger partial charge on any atom is 0.0633 e. The Labute approximate surface area is 68.2 Å². The highest BCUT2D eigenvalue weighted by Gasteiger charge is 2.06. The van der Waals surface area contributed by atoms with Crippen molar-refractivity contribution >= 4 is 11.8 Å². The number of aliphatic hydroxyl groups is 1. The monoisotopic (exact) mass is 162 g/mol. The van der Waals surface area contributed by atoms with Gasteiger partial charge in [-0.3, -0.25) is 0 Å². The Morgan fingerprint density at radius 2 is 2.10 bits per heavy atom. The summed E-state index contributed by atoms with van der Waals surface area (Å²) in [5.74, 6) is 1.55. The van der Waals surface area contributed by atoms with Gasteiger partial charge in [-0.1, -0.05) is 20.3 Å². The third kappa shape index (κ3) is 5.12. The zero-order valence-corrected chi connectivity index (χ0v) is 7.95. The van der Waals surface area contributed by atoms with E-state index in [-0.39, 0.29) is 6.10 Å². The van der Waals surface area contributed by atoms with Gasteiger partial charge < -0.3 is 5.11 Å². The van der Waals surface area contributed by atoms with Crippen LogP contribution in [0.2, 0.25) is 0 Å². The first-order valence-electron chi connectivity index (χ1n) is 3.87. The zero-order valence-electron chi connectivity index (χ0n) is 7.13. The van der Waals surface area contributed by atoms with Gasteiger partial charge in [0.2, 0.25) is 0 Å². The van der Waals surface area contributed by atoms with E-state index >= 15 is 0 Å². The average Bonchev–Trinajstić information content (AvgIpc) is 1.88. The van der Waals surface area contributed by atoms with Gasteiger partial charge in [-0.15, -0.1) is 0 Å². The number of hydrogen-bond donors (Lipinski definition) is 1. The largest absolute Gasteiger partial charge is 0.392 e. The molecule has 0 amide bonds. The van der Waals surface area contributed by atoms with Crippen LogP contribution < -0.4 is 0 Å². The van der Waals surface area contributed by atoms with Crippen LogP contribution in [0.1, 0.15) is 26.7 Å². The molecule has 0 fully saturated rings. The van der Waals surface area contributed by atoms with Crippen LogP contribution in [0.5, 0.6) is 0 Å². The van der Waals surface area contributed by atoms with Crippen molar-refractivity contribution in [2.45, 2.75) is 32.8 Å². The van der Waals surface area contributed by atoms with Crippen LogP contribution in [-0.4, -0.2) is 23.2 Å². The normalized spacial score (nSPS) is 16.8. The number of rotatable bonds is 5. The molecule has 0 bridgehead atoms. The van der Waals surface area contributed by atoms with Crippen LogP contribution in [0.15, 0.2) is 0 Å². The molecule has 2 heteroatoms. The maximum atomic E-state index is 9.33. The molecule has 10 heavy (non-hydrogen) atoms. The smallest absolute Gasteiger partial charge is 0.0633 e. The van der Waals surface area contributed by atoms with Gasteiger partial charge in [-0.25, -0.2) is 0 Å². The fourth-order valence-electron chi connectivity index (χ4n) is 0.892. The summed E-state index contributed by atoms with van der Waals surface area (Å²) in [7, 11) is 0. The summed E-state index contributed by atoms with van der Waals surface area (Å²) >= 11 is 1.71. The van der Waals surface area contributed by atoms with Gasteiger partial charge in [-0.2, -0.15) is 11.8 Å². The zero-order chi connectivity index (χ0) is 7.98. The second-order valence-corrected chi connectivity index (χ2v) is 3.77. The van der Waals surface area contributed by atoms with E-state index in [1.54, 1.807) is 11.8 Å². The van der Waals surface area contributed by atoms with E-state index in [1.807, 2.05) is 6.26 Å². The lowest BCUT2D eigenvalue weighted by Crippen LogP contribution is -2.13. The van der Waals surface area contributed by atoms with Gasteiger partial charge in [0.25, 0.3) is 0 Å². The fourth-order valence-corrected chi connectivity index (χ4v) is 1.41. The molecule has 0 aromatic heterocycles. The molecule has 0 heterocycles. The molecule has 0 aliphatic heterocycles. The van der Waals surface area contributed by atoms with E-state index in [2.05, 4.69) is 13.8 Å². The summed E-state index contributed by atoms with van der Waals surface area (Å²) in [6, 6.07) is 0. The highest BCUT2D eigenvalue weighted by Crippen LogP contribution is 2.11. The maximum absolute atomic E-state index is 9.33. The quantitative estimate of drug-likeness (QED) is 0.668. The van der Waals surface area contributed by atoms with Crippen molar-refractivity contribution in [2.24, 2.45) is 5.92 Å². The standard InChI is InChI=1S/C8H18OS/c1-4-7(2)5-8(9)6-10-3/h7-9H,4-6H2,1-3H3. The van der Waals surface area contributed by atoms with E-state index in [0.29, 0.717) is 5.92 Å². The summed E-state index contributed by atoms with van der Waals surface area (Å²) in [4.78, 5) is 0. The first-order chi connectivity index (χ1) is 4.70. The summed E-state index contributed by atoms with van der Waals surface area (Å²) in [6.07, 6.45) is 4.06. The van der Waals surface area contributed by atoms with Crippen molar-refractivity contribution in [1.29, 1.82) is 0 Å². The first-order valence-corrected chi connectivity index (χ1v) is 5.27. The van der Waals surface area contributed by atoms with Gasteiger partial charge >= 0.3 is 0 Å². The van der Waals surface area contributed by atoms with Crippen molar-refractivity contribution in [3.8, 4) is 0 Å². The molecule has 0 rings (SSSR count). The molecule has 0 aliphatic carbocycles. The predicted molar refractivity (Wildman–Crippen MR) is 48.5 cm³/mol. The number of aliphatic hydroxyl groups excluding tert-OH is 1. The molecule has 0 saturated heterocycles. The Morgan fingerprint density at radius 1 is 1.50 bits per heavy atom. The van der Waals surface area contributed by atoms with Gasteiger partial charge in [-0.05, 0) is 18.6 Å². The Morgan fingerprint density at radius 3 is 2.50 bits per heavy atom. The summed E-state index contributed by atoms with van der Waals surface area (Å²) in [6.45, 7) is 4.35. The molecule has 0 aromatic carbocycles. The molecule has 2 unspecified atom stereocenters. The van der Waals surface area contributed by atoms with E-state index in [9.17, 15) is 5.11 Å². The van der Waals surface area contributed by atoms with Crippen LogP contribution in [-0.2, 0) is 0 Å². The summed E-state index contributed by atoms with van der Waals surface area (Å²) in [5.41, 5.74) is 0. The van der Waals surface area contributed by atoms with Crippen LogP contribution in [0.4, 0.5) is 0 Å². The summed E-state index contributed by atoms with van der Waals surface area (Å²) in [5, 5.41) is 9.33. The molecular formula is C8H18OS. The van der Waals surface area contributed by atoms with Crippen molar-refractivity contribution in [1.82, 2.24) is 0 Å². The minimum atomic E-state index is -0.0926. The van der Waals surface area contributed by atoms with Crippen molar-refractivity contribution in [3.05, 3.63) is 0 Å². The molecule has 0 radical (unpaired) electrons. The topological polar surface area (TPSA) is 20.2 Å². The molecule has 1 N–H and O–H groups in total.